The molecule has 170 valence electrons. The largest absolute Gasteiger partial charge is 0.376 e. The Morgan fingerprint density at radius 3 is 2.18 bits per heavy atom. The van der Waals surface area contributed by atoms with Crippen LogP contribution in [0, 0.1) is 0 Å². The average Bonchev–Trinajstić information content (AvgIpc) is 2.75. The number of nitrogens with zero attached hydrogens (tertiary/aromatic N) is 1. The number of aromatic nitrogens is 1. The van der Waals surface area contributed by atoms with Gasteiger partial charge in [0.25, 0.3) is 10.1 Å². The van der Waals surface area contributed by atoms with Crippen LogP contribution >= 0.6 is 0 Å². The summed E-state index contributed by atoms with van der Waals surface area (Å²) in [5.74, 6) is -0.705. The van der Waals surface area contributed by atoms with Crippen molar-refractivity contribution in [1.82, 2.24) is 4.98 Å². The van der Waals surface area contributed by atoms with E-state index in [9.17, 15) is 13.2 Å². The van der Waals surface area contributed by atoms with Crippen LogP contribution in [0.2, 0.25) is 0 Å². The molecule has 0 saturated heterocycles. The fourth-order valence-corrected chi connectivity index (χ4v) is 3.92. The number of hydrogen-bond donors (Lipinski definition) is 3. The molecule has 4 aromatic rings. The molecule has 0 saturated carbocycles. The fraction of sp³-hybridized carbons (Fsp3) is 0.167. The van der Waals surface area contributed by atoms with Crippen LogP contribution in [0.15, 0.2) is 66.7 Å². The third-order valence-corrected chi connectivity index (χ3v) is 5.61. The van der Waals surface area contributed by atoms with Gasteiger partial charge in [0, 0.05) is 29.1 Å². The van der Waals surface area contributed by atoms with Gasteiger partial charge in [0.05, 0.1) is 35.7 Å². The van der Waals surface area contributed by atoms with E-state index in [1.54, 1.807) is 6.07 Å². The molecule has 0 aliphatic carbocycles. The van der Waals surface area contributed by atoms with Crippen molar-refractivity contribution in [2.24, 2.45) is 0 Å². The minimum atomic E-state index is -4.09. The maximum absolute atomic E-state index is 11.6. The van der Waals surface area contributed by atoms with Gasteiger partial charge in [0.2, 0.25) is 5.91 Å². The van der Waals surface area contributed by atoms with Gasteiger partial charge >= 0.3 is 0 Å². The predicted octanol–water partition coefficient (Wildman–Crippen LogP) is 4.49. The zero-order valence-corrected chi connectivity index (χ0v) is 18.7. The van der Waals surface area contributed by atoms with Crippen LogP contribution in [0.4, 0.5) is 17.1 Å². The van der Waals surface area contributed by atoms with Crippen LogP contribution in [-0.2, 0) is 26.3 Å². The maximum Gasteiger partial charge on any atom is 0.267 e. The number of anilines is 3. The monoisotopic (exact) mass is 465 g/mol. The molecule has 0 aliphatic heterocycles. The summed E-state index contributed by atoms with van der Waals surface area (Å²) >= 11 is 0. The number of rotatable bonds is 8. The van der Waals surface area contributed by atoms with Crippen molar-refractivity contribution >= 4 is 54.9 Å². The molecular formula is C24H23N3O5S. The summed E-state index contributed by atoms with van der Waals surface area (Å²) < 4.78 is 36.1. The third-order valence-electron chi connectivity index (χ3n) is 4.92. The van der Waals surface area contributed by atoms with E-state index in [1.165, 1.54) is 6.92 Å². The van der Waals surface area contributed by atoms with Crippen LogP contribution in [0.1, 0.15) is 12.5 Å². The van der Waals surface area contributed by atoms with Gasteiger partial charge in [0.1, 0.15) is 0 Å². The van der Waals surface area contributed by atoms with E-state index >= 15 is 0 Å². The van der Waals surface area contributed by atoms with Crippen molar-refractivity contribution in [1.29, 1.82) is 0 Å². The third kappa shape index (κ3) is 5.83. The summed E-state index contributed by atoms with van der Waals surface area (Å²) in [7, 11) is -4.09. The number of carbonyl (C=O) groups excluding carboxylic acids is 1. The van der Waals surface area contributed by atoms with Crippen molar-refractivity contribution in [3.05, 3.63) is 72.3 Å². The molecular weight excluding hydrogens is 442 g/mol. The summed E-state index contributed by atoms with van der Waals surface area (Å²) in [5, 5.41) is 8.16. The Morgan fingerprint density at radius 1 is 0.970 bits per heavy atom. The molecule has 0 fully saturated rings. The highest BCUT2D eigenvalue weighted by molar-refractivity contribution is 7.85. The Labute approximate surface area is 191 Å². The number of benzene rings is 3. The topological polar surface area (TPSA) is 118 Å². The van der Waals surface area contributed by atoms with Gasteiger partial charge in [0.15, 0.2) is 0 Å². The first-order chi connectivity index (χ1) is 15.8. The van der Waals surface area contributed by atoms with Crippen LogP contribution in [0.25, 0.3) is 21.8 Å². The molecule has 1 aromatic heterocycles. The van der Waals surface area contributed by atoms with Gasteiger partial charge in [-0.15, -0.1) is 0 Å². The number of amides is 1. The SMILES string of the molecule is CC(=O)Nc1cc(COCCS(=O)(=O)O)cc(Nc2c3ccccc3nc3ccccc23)c1. The number of carbonyl (C=O) groups is 1. The Morgan fingerprint density at radius 2 is 1.58 bits per heavy atom. The number of pyridine rings is 1. The van der Waals surface area contributed by atoms with Crippen molar-refractivity contribution in [2.75, 3.05) is 23.0 Å². The summed E-state index contributed by atoms with van der Waals surface area (Å²) in [6, 6.07) is 21.1. The van der Waals surface area contributed by atoms with Gasteiger partial charge < -0.3 is 15.4 Å². The van der Waals surface area contributed by atoms with Crippen LogP contribution < -0.4 is 10.6 Å². The van der Waals surface area contributed by atoms with E-state index in [1.807, 2.05) is 60.7 Å². The first kappa shape index (κ1) is 22.7. The molecule has 3 N–H and O–H groups in total. The van der Waals surface area contributed by atoms with Gasteiger partial charge in [-0.05, 0) is 35.9 Å². The summed E-state index contributed by atoms with van der Waals surface area (Å²) in [6.45, 7) is 1.38. The number of para-hydroxylation sites is 2. The van der Waals surface area contributed by atoms with Gasteiger partial charge in [-0.25, -0.2) is 4.98 Å². The molecule has 0 aliphatic rings. The molecule has 9 heteroatoms. The van der Waals surface area contributed by atoms with Gasteiger partial charge in [-0.3, -0.25) is 9.35 Å². The zero-order chi connectivity index (χ0) is 23.4. The van der Waals surface area contributed by atoms with Crippen LogP contribution in [0.3, 0.4) is 0 Å². The number of ether oxygens (including phenoxy) is 1. The predicted molar refractivity (Wildman–Crippen MR) is 129 cm³/mol. The number of nitrogens with one attached hydrogen (secondary N) is 2. The second-order valence-corrected chi connectivity index (χ2v) is 9.16. The first-order valence-corrected chi connectivity index (χ1v) is 11.9. The Kier molecular flexibility index (Phi) is 6.55. The van der Waals surface area contributed by atoms with E-state index in [0.717, 1.165) is 38.7 Å². The minimum absolute atomic E-state index is 0.107. The Bertz CT molecular complexity index is 1380. The quantitative estimate of drug-likeness (QED) is 0.199. The van der Waals surface area contributed by atoms with Crippen molar-refractivity contribution in [2.45, 2.75) is 13.5 Å². The molecule has 0 spiro atoms. The average molecular weight is 466 g/mol. The van der Waals surface area contributed by atoms with Crippen molar-refractivity contribution in [3.63, 3.8) is 0 Å². The van der Waals surface area contributed by atoms with Crippen molar-refractivity contribution < 1.29 is 22.5 Å². The lowest BCUT2D eigenvalue weighted by Crippen LogP contribution is -2.11. The Hall–Kier alpha value is -3.53. The van der Waals surface area contributed by atoms with E-state index in [-0.39, 0.29) is 19.1 Å². The second-order valence-electron chi connectivity index (χ2n) is 7.58. The molecule has 0 radical (unpaired) electrons. The number of hydrogen-bond acceptors (Lipinski definition) is 6. The highest BCUT2D eigenvalue weighted by atomic mass is 32.2. The molecule has 8 nitrogen and oxygen atoms in total. The lowest BCUT2D eigenvalue weighted by Gasteiger charge is -2.16. The summed E-state index contributed by atoms with van der Waals surface area (Å²) in [5.41, 5.74) is 4.60. The van der Waals surface area contributed by atoms with E-state index in [4.69, 9.17) is 14.3 Å². The Balaban J connectivity index is 1.71. The molecule has 0 unspecified atom stereocenters. The fourth-order valence-electron chi connectivity index (χ4n) is 3.60. The van der Waals surface area contributed by atoms with Crippen molar-refractivity contribution in [3.8, 4) is 0 Å². The standard InChI is InChI=1S/C24H23N3O5S/c1-16(28)25-18-12-17(15-32-10-11-33(29,30)31)13-19(14-18)26-24-20-6-2-4-8-22(20)27-23-9-5-3-7-21(23)24/h2-9,12-14H,10-11,15H2,1H3,(H,25,28)(H,26,27)(H,29,30,31). The molecule has 1 heterocycles. The van der Waals surface area contributed by atoms with Gasteiger partial charge in [-0.2, -0.15) is 8.42 Å². The first-order valence-electron chi connectivity index (χ1n) is 10.3. The molecule has 1 amide bonds. The van der Waals surface area contributed by atoms with E-state index in [0.29, 0.717) is 5.69 Å². The lowest BCUT2D eigenvalue weighted by molar-refractivity contribution is -0.114. The summed E-state index contributed by atoms with van der Waals surface area (Å²) in [6.07, 6.45) is 0. The molecule has 3 aromatic carbocycles. The zero-order valence-electron chi connectivity index (χ0n) is 17.9. The molecule has 4 rings (SSSR count). The minimum Gasteiger partial charge on any atom is -0.376 e. The van der Waals surface area contributed by atoms with Gasteiger partial charge in [-0.1, -0.05) is 36.4 Å². The maximum atomic E-state index is 11.6. The molecule has 0 atom stereocenters. The molecule has 33 heavy (non-hydrogen) atoms. The smallest absolute Gasteiger partial charge is 0.267 e. The van der Waals surface area contributed by atoms with Crippen LogP contribution in [0.5, 0.6) is 0 Å². The second kappa shape index (κ2) is 9.53. The lowest BCUT2D eigenvalue weighted by atomic mass is 10.1. The highest BCUT2D eigenvalue weighted by Crippen LogP contribution is 2.34. The molecule has 0 bridgehead atoms. The summed E-state index contributed by atoms with van der Waals surface area (Å²) in [4.78, 5) is 16.4. The van der Waals surface area contributed by atoms with E-state index < -0.39 is 15.9 Å². The number of fused-ring (bicyclic) bond motifs is 2. The highest BCUT2D eigenvalue weighted by Gasteiger charge is 2.11. The van der Waals surface area contributed by atoms with E-state index in [2.05, 4.69) is 10.6 Å². The van der Waals surface area contributed by atoms with Crippen LogP contribution in [-0.4, -0.2) is 36.2 Å². The normalized spacial score (nSPS) is 11.6.